The zero-order valence-electron chi connectivity index (χ0n) is 13.0. The Bertz CT molecular complexity index is 316. The first-order chi connectivity index (χ1) is 9.14. The summed E-state index contributed by atoms with van der Waals surface area (Å²) in [5.74, 6) is 0. The van der Waals surface area contributed by atoms with Crippen LogP contribution < -0.4 is 5.32 Å². The lowest BCUT2D eigenvalue weighted by molar-refractivity contribution is 0.302. The molecule has 1 aromatic carbocycles. The molecule has 0 aliphatic carbocycles. The molecule has 0 amide bonds. The third kappa shape index (κ3) is 8.05. The lowest BCUT2D eigenvalue weighted by atomic mass is 9.87. The molecule has 0 bridgehead atoms. The number of hydrogen-bond acceptors (Lipinski definition) is 1. The second-order valence-corrected chi connectivity index (χ2v) is 6.39. The molecule has 0 saturated carbocycles. The van der Waals surface area contributed by atoms with Gasteiger partial charge in [-0.2, -0.15) is 0 Å². The van der Waals surface area contributed by atoms with Gasteiger partial charge in [-0.15, -0.1) is 0 Å². The SMILES string of the molecule is CCCCCC(C)(C)CNCCCc1ccccc1. The van der Waals surface area contributed by atoms with E-state index < -0.39 is 0 Å². The summed E-state index contributed by atoms with van der Waals surface area (Å²) in [6, 6.07) is 10.8. The van der Waals surface area contributed by atoms with Crippen LogP contribution in [0.15, 0.2) is 30.3 Å². The molecule has 0 aliphatic heterocycles. The molecule has 0 atom stereocenters. The van der Waals surface area contributed by atoms with E-state index in [0.717, 1.165) is 13.1 Å². The Morgan fingerprint density at radius 1 is 1.00 bits per heavy atom. The molecule has 1 N–H and O–H groups in total. The quantitative estimate of drug-likeness (QED) is 0.596. The van der Waals surface area contributed by atoms with Gasteiger partial charge in [0.15, 0.2) is 0 Å². The van der Waals surface area contributed by atoms with E-state index in [1.54, 1.807) is 0 Å². The summed E-state index contributed by atoms with van der Waals surface area (Å²) < 4.78 is 0. The summed E-state index contributed by atoms with van der Waals surface area (Å²) in [6.45, 7) is 9.31. The molecular weight excluding hydrogens is 230 g/mol. The molecule has 0 saturated heterocycles. The van der Waals surface area contributed by atoms with E-state index in [1.807, 2.05) is 0 Å². The van der Waals surface area contributed by atoms with Crippen LogP contribution in [0.5, 0.6) is 0 Å². The zero-order chi connectivity index (χ0) is 14.0. The first-order valence-electron chi connectivity index (χ1n) is 7.89. The number of nitrogens with one attached hydrogen (secondary N) is 1. The van der Waals surface area contributed by atoms with Gasteiger partial charge >= 0.3 is 0 Å². The van der Waals surface area contributed by atoms with Crippen LogP contribution in [0.2, 0.25) is 0 Å². The Hall–Kier alpha value is -0.820. The van der Waals surface area contributed by atoms with E-state index in [-0.39, 0.29) is 0 Å². The topological polar surface area (TPSA) is 12.0 Å². The number of aryl methyl sites for hydroxylation is 1. The van der Waals surface area contributed by atoms with Crippen molar-refractivity contribution in [3.8, 4) is 0 Å². The molecule has 0 heterocycles. The first-order valence-corrected chi connectivity index (χ1v) is 7.89. The lowest BCUT2D eigenvalue weighted by Gasteiger charge is -2.25. The van der Waals surface area contributed by atoms with Crippen molar-refractivity contribution < 1.29 is 0 Å². The third-order valence-corrected chi connectivity index (χ3v) is 3.72. The smallest absolute Gasteiger partial charge is 0.000252 e. The highest BCUT2D eigenvalue weighted by Gasteiger charge is 2.16. The molecule has 1 rings (SSSR count). The van der Waals surface area contributed by atoms with Gasteiger partial charge in [-0.25, -0.2) is 0 Å². The van der Waals surface area contributed by atoms with Crippen molar-refractivity contribution in [2.45, 2.75) is 59.3 Å². The fraction of sp³-hybridized carbons (Fsp3) is 0.667. The molecule has 0 radical (unpaired) electrons. The summed E-state index contributed by atoms with van der Waals surface area (Å²) in [5, 5.41) is 3.62. The normalized spacial score (nSPS) is 11.7. The van der Waals surface area contributed by atoms with E-state index in [4.69, 9.17) is 0 Å². The van der Waals surface area contributed by atoms with Gasteiger partial charge < -0.3 is 5.32 Å². The molecule has 1 aromatic rings. The molecular formula is C18H31N. The predicted octanol–water partition coefficient (Wildman–Crippen LogP) is 4.82. The second kappa shape index (κ2) is 9.14. The molecule has 0 unspecified atom stereocenters. The van der Waals surface area contributed by atoms with Crippen LogP contribution in [0.4, 0.5) is 0 Å². The monoisotopic (exact) mass is 261 g/mol. The number of hydrogen-bond donors (Lipinski definition) is 1. The van der Waals surface area contributed by atoms with Crippen molar-refractivity contribution in [3.63, 3.8) is 0 Å². The van der Waals surface area contributed by atoms with Crippen LogP contribution >= 0.6 is 0 Å². The van der Waals surface area contributed by atoms with Crippen molar-refractivity contribution in [1.29, 1.82) is 0 Å². The summed E-state index contributed by atoms with van der Waals surface area (Å²) >= 11 is 0. The van der Waals surface area contributed by atoms with Crippen LogP contribution in [0.25, 0.3) is 0 Å². The van der Waals surface area contributed by atoms with E-state index in [9.17, 15) is 0 Å². The minimum Gasteiger partial charge on any atom is -0.316 e. The minimum absolute atomic E-state index is 0.446. The molecule has 0 fully saturated rings. The highest BCUT2D eigenvalue weighted by Crippen LogP contribution is 2.22. The van der Waals surface area contributed by atoms with Crippen molar-refractivity contribution in [3.05, 3.63) is 35.9 Å². The molecule has 1 nitrogen and oxygen atoms in total. The maximum atomic E-state index is 3.62. The van der Waals surface area contributed by atoms with E-state index in [2.05, 4.69) is 56.4 Å². The van der Waals surface area contributed by atoms with Crippen LogP contribution in [-0.2, 0) is 6.42 Å². The fourth-order valence-electron chi connectivity index (χ4n) is 2.43. The van der Waals surface area contributed by atoms with Gasteiger partial charge in [-0.3, -0.25) is 0 Å². The molecule has 19 heavy (non-hydrogen) atoms. The van der Waals surface area contributed by atoms with Gasteiger partial charge in [-0.1, -0.05) is 70.4 Å². The van der Waals surface area contributed by atoms with Gasteiger partial charge in [0.2, 0.25) is 0 Å². The highest BCUT2D eigenvalue weighted by atomic mass is 14.9. The van der Waals surface area contributed by atoms with Crippen molar-refractivity contribution in [2.24, 2.45) is 5.41 Å². The Balaban J connectivity index is 2.06. The van der Waals surface area contributed by atoms with Crippen molar-refractivity contribution in [1.82, 2.24) is 5.32 Å². The maximum absolute atomic E-state index is 3.62. The van der Waals surface area contributed by atoms with E-state index in [0.29, 0.717) is 5.41 Å². The third-order valence-electron chi connectivity index (χ3n) is 3.72. The van der Waals surface area contributed by atoms with Crippen LogP contribution in [0, 0.1) is 5.41 Å². The Morgan fingerprint density at radius 2 is 1.74 bits per heavy atom. The fourth-order valence-corrected chi connectivity index (χ4v) is 2.43. The van der Waals surface area contributed by atoms with E-state index in [1.165, 1.54) is 44.1 Å². The zero-order valence-corrected chi connectivity index (χ0v) is 13.0. The van der Waals surface area contributed by atoms with Gasteiger partial charge in [0.1, 0.15) is 0 Å². The second-order valence-electron chi connectivity index (χ2n) is 6.39. The summed E-state index contributed by atoms with van der Waals surface area (Å²) in [7, 11) is 0. The standard InChI is InChI=1S/C18H31N/c1-4-5-9-14-18(2,3)16-19-15-10-13-17-11-7-6-8-12-17/h6-8,11-12,19H,4-5,9-10,13-16H2,1-3H3. The largest absolute Gasteiger partial charge is 0.316 e. The molecule has 0 spiro atoms. The summed E-state index contributed by atoms with van der Waals surface area (Å²) in [6.07, 6.45) is 7.82. The van der Waals surface area contributed by atoms with Gasteiger partial charge in [-0.05, 0) is 36.8 Å². The number of benzene rings is 1. The Kier molecular flexibility index (Phi) is 7.81. The molecule has 0 aliphatic rings. The predicted molar refractivity (Wildman–Crippen MR) is 85.6 cm³/mol. The Labute approximate surface area is 119 Å². The number of rotatable bonds is 10. The summed E-state index contributed by atoms with van der Waals surface area (Å²) in [4.78, 5) is 0. The van der Waals surface area contributed by atoms with Crippen LogP contribution in [-0.4, -0.2) is 13.1 Å². The van der Waals surface area contributed by atoms with Crippen molar-refractivity contribution in [2.75, 3.05) is 13.1 Å². The van der Waals surface area contributed by atoms with E-state index >= 15 is 0 Å². The maximum Gasteiger partial charge on any atom is 0.000252 e. The molecule has 1 heteroatoms. The van der Waals surface area contributed by atoms with Crippen LogP contribution in [0.1, 0.15) is 58.4 Å². The van der Waals surface area contributed by atoms with Gasteiger partial charge in [0, 0.05) is 6.54 Å². The molecule has 108 valence electrons. The van der Waals surface area contributed by atoms with Crippen LogP contribution in [0.3, 0.4) is 0 Å². The average Bonchev–Trinajstić information content (AvgIpc) is 2.39. The van der Waals surface area contributed by atoms with Gasteiger partial charge in [0.25, 0.3) is 0 Å². The highest BCUT2D eigenvalue weighted by molar-refractivity contribution is 5.14. The van der Waals surface area contributed by atoms with Crippen molar-refractivity contribution >= 4 is 0 Å². The molecule has 0 aromatic heterocycles. The lowest BCUT2D eigenvalue weighted by Crippen LogP contribution is -2.30. The average molecular weight is 261 g/mol. The first kappa shape index (κ1) is 16.2. The minimum atomic E-state index is 0.446. The summed E-state index contributed by atoms with van der Waals surface area (Å²) in [5.41, 5.74) is 1.90. The Morgan fingerprint density at radius 3 is 2.42 bits per heavy atom. The number of unbranched alkanes of at least 4 members (excludes halogenated alkanes) is 2. The van der Waals surface area contributed by atoms with Gasteiger partial charge in [0.05, 0.1) is 0 Å².